The molecule has 0 saturated carbocycles. The van der Waals surface area contributed by atoms with Gasteiger partial charge in [-0.15, -0.1) is 0 Å². The third-order valence-electron chi connectivity index (χ3n) is 2.85. The maximum Gasteiger partial charge on any atom is 2.00 e. The van der Waals surface area contributed by atoms with Gasteiger partial charge in [-0.3, -0.25) is 15.8 Å². The molecule has 0 amide bonds. The second-order valence-corrected chi connectivity index (χ2v) is 5.38. The predicted molar refractivity (Wildman–Crippen MR) is 107 cm³/mol. The summed E-state index contributed by atoms with van der Waals surface area (Å²) in [7, 11) is 1.58. The number of hydrogen-bond donors (Lipinski definition) is 2. The van der Waals surface area contributed by atoms with E-state index in [1.54, 1.807) is 20.9 Å². The van der Waals surface area contributed by atoms with Gasteiger partial charge in [0.1, 0.15) is 0 Å². The first-order valence-corrected chi connectivity index (χ1v) is 7.85. The van der Waals surface area contributed by atoms with Gasteiger partial charge in [0, 0.05) is 12.2 Å². The summed E-state index contributed by atoms with van der Waals surface area (Å²) in [5.41, 5.74) is 8.32. The molecule has 0 fully saturated rings. The van der Waals surface area contributed by atoms with Crippen molar-refractivity contribution >= 4 is 52.7 Å². The first kappa shape index (κ1) is 23.1. The van der Waals surface area contributed by atoms with E-state index < -0.39 is 0 Å². The minimum absolute atomic E-state index is 0. The van der Waals surface area contributed by atoms with Crippen LogP contribution in [0.5, 0.6) is 0 Å². The predicted octanol–water partition coefficient (Wildman–Crippen LogP) is 1.77. The summed E-state index contributed by atoms with van der Waals surface area (Å²) in [6.07, 6.45) is 0. The number of amidine groups is 2. The molecule has 1 aromatic rings. The summed E-state index contributed by atoms with van der Waals surface area (Å²) < 4.78 is 0. The molecule has 7 nitrogen and oxygen atoms in total. The van der Waals surface area contributed by atoms with Crippen LogP contribution >= 0.6 is 0 Å². The molecule has 1 radical (unpaired) electrons. The van der Waals surface area contributed by atoms with E-state index >= 15 is 0 Å². The number of benzene rings is 1. The van der Waals surface area contributed by atoms with Gasteiger partial charge in [-0.1, -0.05) is 30.3 Å². The van der Waals surface area contributed by atoms with Gasteiger partial charge < -0.3 is 25.3 Å². The van der Waals surface area contributed by atoms with Crippen LogP contribution in [-0.4, -0.2) is 34.5 Å². The van der Waals surface area contributed by atoms with Crippen LogP contribution < -0.4 is 10.9 Å². The number of aliphatic imine (C=N–C) groups is 1. The molecule has 0 aromatic heterocycles. The van der Waals surface area contributed by atoms with Gasteiger partial charge in [0.15, 0.2) is 0 Å². The Bertz CT molecular complexity index is 697. The first-order chi connectivity index (χ1) is 11.4. The zero-order valence-electron chi connectivity index (χ0n) is 14.2. The van der Waals surface area contributed by atoms with Crippen LogP contribution in [0.15, 0.2) is 55.7 Å². The summed E-state index contributed by atoms with van der Waals surface area (Å²) in [5.74, 6) is 0. The van der Waals surface area contributed by atoms with Crippen molar-refractivity contribution in [2.24, 2.45) is 25.4 Å². The molecule has 0 aliphatic carbocycles. The van der Waals surface area contributed by atoms with Crippen molar-refractivity contribution in [3.8, 4) is 0 Å². The van der Waals surface area contributed by atoms with Crippen molar-refractivity contribution in [2.75, 3.05) is 7.05 Å². The average Bonchev–Trinajstić information content (AvgIpc) is 2.62. The molecular formula is C15H19CuN7S2. The Morgan fingerprint density at radius 2 is 1.44 bits per heavy atom. The summed E-state index contributed by atoms with van der Waals surface area (Å²) in [5, 5.41) is 16.6. The van der Waals surface area contributed by atoms with Gasteiger partial charge >= 0.3 is 17.1 Å². The SMILES string of the molecule is CN=C([S-])N/N=C(C)/C(C)=N/N=C(\[S-])N/N=C(\C)c1ccccc1.[64Cu+2]. The smallest absolute Gasteiger partial charge is 0.741 e. The quantitative estimate of drug-likeness (QED) is 0.248. The maximum atomic E-state index is 5.07. The van der Waals surface area contributed by atoms with Gasteiger partial charge in [0.25, 0.3) is 0 Å². The first-order valence-electron chi connectivity index (χ1n) is 7.03. The van der Waals surface area contributed by atoms with E-state index in [9.17, 15) is 0 Å². The minimum atomic E-state index is 0. The summed E-state index contributed by atoms with van der Waals surface area (Å²) >= 11 is 9.94. The van der Waals surface area contributed by atoms with E-state index in [0.717, 1.165) is 11.3 Å². The molecular weight excluding hydrogens is 406 g/mol. The third kappa shape index (κ3) is 9.25. The standard InChI is InChI=1S/C15H21N7S2.Cu/c1-10(17-20-14(23)16-4)11(2)18-21-15(24)22-19-12(3)13-8-6-5-7-9-13;/h5-9H,1-4H3,(H2,16,20,23)(H2,21,22,24);/q;+2/p-2/b17-10+,18-11+,19-12+;/i;1+0. The van der Waals surface area contributed by atoms with E-state index in [1.807, 2.05) is 37.3 Å². The molecule has 0 heterocycles. The molecule has 137 valence electrons. The van der Waals surface area contributed by atoms with Crippen LogP contribution in [0.4, 0.5) is 0 Å². The number of hydrogen-bond acceptors (Lipinski definition) is 7. The monoisotopic (exact) mass is 425 g/mol. The Morgan fingerprint density at radius 3 is 2.04 bits per heavy atom. The summed E-state index contributed by atoms with van der Waals surface area (Å²) in [6.45, 7) is 5.41. The fourth-order valence-electron chi connectivity index (χ4n) is 1.35. The van der Waals surface area contributed by atoms with E-state index in [4.69, 9.17) is 25.3 Å². The van der Waals surface area contributed by atoms with Crippen LogP contribution in [0.3, 0.4) is 0 Å². The number of nitrogens with zero attached hydrogens (tertiary/aromatic N) is 5. The Kier molecular flexibility index (Phi) is 11.6. The van der Waals surface area contributed by atoms with Gasteiger partial charge in [-0.25, -0.2) is 0 Å². The van der Waals surface area contributed by atoms with Crippen LogP contribution in [0, 0.1) is 0 Å². The van der Waals surface area contributed by atoms with Gasteiger partial charge in [0.2, 0.25) is 0 Å². The van der Waals surface area contributed by atoms with Crippen LogP contribution in [-0.2, 0) is 42.3 Å². The molecule has 0 bridgehead atoms. The number of rotatable bonds is 5. The zero-order chi connectivity index (χ0) is 17.9. The Hall–Kier alpha value is -1.87. The number of nitrogens with one attached hydrogen (secondary N) is 2. The average molecular weight is 425 g/mol. The molecule has 0 aliphatic heterocycles. The molecule has 25 heavy (non-hydrogen) atoms. The molecule has 1 rings (SSSR count). The number of hydrazone groups is 2. The molecule has 0 unspecified atom stereocenters. The molecule has 0 aliphatic rings. The largest absolute Gasteiger partial charge is 2.00 e. The molecule has 10 heteroatoms. The molecule has 0 atom stereocenters. The van der Waals surface area contributed by atoms with Crippen molar-refractivity contribution in [1.29, 1.82) is 0 Å². The summed E-state index contributed by atoms with van der Waals surface area (Å²) in [6, 6.07) is 9.75. The van der Waals surface area contributed by atoms with Crippen LogP contribution in [0.2, 0.25) is 0 Å². The molecule has 0 spiro atoms. The van der Waals surface area contributed by atoms with Crippen LogP contribution in [0.25, 0.3) is 0 Å². The Morgan fingerprint density at radius 1 is 0.840 bits per heavy atom. The van der Waals surface area contributed by atoms with Gasteiger partial charge in [-0.05, 0) is 31.5 Å². The van der Waals surface area contributed by atoms with Gasteiger partial charge in [0.05, 0.1) is 17.1 Å². The van der Waals surface area contributed by atoms with Gasteiger partial charge in [-0.2, -0.15) is 20.4 Å². The maximum absolute atomic E-state index is 5.07. The van der Waals surface area contributed by atoms with E-state index in [1.165, 1.54) is 0 Å². The molecule has 2 N–H and O–H groups in total. The van der Waals surface area contributed by atoms with Crippen molar-refractivity contribution in [2.45, 2.75) is 20.8 Å². The Balaban J connectivity index is 0.00000576. The van der Waals surface area contributed by atoms with Crippen molar-refractivity contribution in [3.63, 3.8) is 0 Å². The fraction of sp³-hybridized carbons (Fsp3) is 0.267. The normalized spacial score (nSPS) is 14.0. The van der Waals surface area contributed by atoms with E-state index in [-0.39, 0.29) is 22.2 Å². The third-order valence-corrected chi connectivity index (χ3v) is 3.29. The van der Waals surface area contributed by atoms with E-state index in [0.29, 0.717) is 16.6 Å². The second kappa shape index (κ2) is 12.5. The van der Waals surface area contributed by atoms with Crippen molar-refractivity contribution in [1.82, 2.24) is 10.9 Å². The molecule has 1 aromatic carbocycles. The second-order valence-electron chi connectivity index (χ2n) is 4.60. The van der Waals surface area contributed by atoms with Crippen LogP contribution in [0.1, 0.15) is 26.3 Å². The van der Waals surface area contributed by atoms with E-state index in [2.05, 4.69) is 36.2 Å². The summed E-state index contributed by atoms with van der Waals surface area (Å²) in [4.78, 5) is 3.76. The van der Waals surface area contributed by atoms with Crippen molar-refractivity contribution < 1.29 is 17.1 Å². The van der Waals surface area contributed by atoms with Crippen molar-refractivity contribution in [3.05, 3.63) is 35.9 Å². The minimum Gasteiger partial charge on any atom is -0.741 e. The Labute approximate surface area is 169 Å². The zero-order valence-corrected chi connectivity index (χ0v) is 16.8. The topological polar surface area (TPSA) is 85.9 Å². The molecule has 0 saturated heterocycles. The fourth-order valence-corrected chi connectivity index (χ4v) is 1.49.